The van der Waals surface area contributed by atoms with Crippen LogP contribution in [0, 0.1) is 5.92 Å². The molecule has 0 aromatic carbocycles. The summed E-state index contributed by atoms with van der Waals surface area (Å²) in [7, 11) is 3.86. The first kappa shape index (κ1) is 19.0. The number of nitrogens with one attached hydrogen (secondary N) is 1. The Morgan fingerprint density at radius 2 is 2.00 bits per heavy atom. The zero-order chi connectivity index (χ0) is 17.4. The number of ether oxygens (including phenoxy) is 1. The molecule has 1 heterocycles. The highest BCUT2D eigenvalue weighted by Crippen LogP contribution is 2.28. The van der Waals surface area contributed by atoms with Gasteiger partial charge in [-0.05, 0) is 18.8 Å². The molecule has 0 bridgehead atoms. The van der Waals surface area contributed by atoms with Crippen LogP contribution >= 0.6 is 0 Å². The van der Waals surface area contributed by atoms with E-state index < -0.39 is 0 Å². The molecule has 0 atom stereocenters. The van der Waals surface area contributed by atoms with Crippen molar-refractivity contribution in [2.24, 2.45) is 10.9 Å². The van der Waals surface area contributed by atoms with E-state index in [4.69, 9.17) is 4.74 Å². The maximum atomic E-state index is 11.3. The minimum atomic E-state index is 0.179. The number of hydrogen-bond acceptors (Lipinski definition) is 4. The average Bonchev–Trinajstić information content (AvgIpc) is 3.40. The maximum absolute atomic E-state index is 11.3. The van der Waals surface area contributed by atoms with Crippen molar-refractivity contribution >= 4 is 11.9 Å². The zero-order valence-electron chi connectivity index (χ0n) is 15.5. The fourth-order valence-corrected chi connectivity index (χ4v) is 2.84. The molecule has 0 aromatic rings. The number of piperazine rings is 1. The van der Waals surface area contributed by atoms with Gasteiger partial charge in [-0.2, -0.15) is 0 Å². The highest BCUT2D eigenvalue weighted by Gasteiger charge is 2.21. The molecule has 24 heavy (non-hydrogen) atoms. The third-order valence-corrected chi connectivity index (χ3v) is 4.72. The predicted molar refractivity (Wildman–Crippen MR) is 96.2 cm³/mol. The van der Waals surface area contributed by atoms with Crippen LogP contribution in [0.25, 0.3) is 0 Å². The molecule has 0 spiro atoms. The van der Waals surface area contributed by atoms with Gasteiger partial charge in [0.05, 0.1) is 6.61 Å². The lowest BCUT2D eigenvalue weighted by Crippen LogP contribution is -2.50. The van der Waals surface area contributed by atoms with Crippen LogP contribution in [0.3, 0.4) is 0 Å². The van der Waals surface area contributed by atoms with Crippen molar-refractivity contribution in [2.45, 2.75) is 19.8 Å². The molecule has 1 amide bonds. The van der Waals surface area contributed by atoms with Crippen molar-refractivity contribution < 1.29 is 9.53 Å². The first-order chi connectivity index (χ1) is 11.6. The summed E-state index contributed by atoms with van der Waals surface area (Å²) >= 11 is 0. The van der Waals surface area contributed by atoms with Gasteiger partial charge in [0.1, 0.15) is 0 Å². The molecule has 2 fully saturated rings. The molecule has 0 radical (unpaired) electrons. The first-order valence-corrected chi connectivity index (χ1v) is 9.07. The van der Waals surface area contributed by atoms with E-state index in [0.29, 0.717) is 0 Å². The third-order valence-electron chi connectivity index (χ3n) is 4.72. The second-order valence-corrected chi connectivity index (χ2v) is 6.76. The first-order valence-electron chi connectivity index (χ1n) is 9.07. The normalized spacial score (nSPS) is 19.5. The van der Waals surface area contributed by atoms with Crippen LogP contribution in [0.4, 0.5) is 0 Å². The molecule has 1 saturated heterocycles. The Morgan fingerprint density at radius 1 is 1.29 bits per heavy atom. The minimum Gasteiger partial charge on any atom is -0.379 e. The molecule has 7 heteroatoms. The van der Waals surface area contributed by atoms with Gasteiger partial charge >= 0.3 is 0 Å². The summed E-state index contributed by atoms with van der Waals surface area (Å²) in [6.45, 7) is 9.55. The molecule has 138 valence electrons. The molecule has 0 aromatic heterocycles. The molecular formula is C17H33N5O2. The van der Waals surface area contributed by atoms with E-state index in [2.05, 4.69) is 20.1 Å². The van der Waals surface area contributed by atoms with Crippen LogP contribution in [0.2, 0.25) is 0 Å². The summed E-state index contributed by atoms with van der Waals surface area (Å²) in [4.78, 5) is 22.1. The van der Waals surface area contributed by atoms with Gasteiger partial charge < -0.3 is 19.9 Å². The number of nitrogens with zero attached hydrogens (tertiary/aromatic N) is 4. The molecular weight excluding hydrogens is 306 g/mol. The van der Waals surface area contributed by atoms with Crippen molar-refractivity contribution in [3.63, 3.8) is 0 Å². The van der Waals surface area contributed by atoms with Crippen molar-refractivity contribution in [1.82, 2.24) is 20.0 Å². The van der Waals surface area contributed by atoms with E-state index in [-0.39, 0.29) is 5.91 Å². The van der Waals surface area contributed by atoms with Gasteiger partial charge in [-0.3, -0.25) is 14.7 Å². The summed E-state index contributed by atoms with van der Waals surface area (Å²) in [5.74, 6) is 1.90. The molecule has 1 aliphatic carbocycles. The predicted octanol–water partition coefficient (Wildman–Crippen LogP) is 0.0843. The van der Waals surface area contributed by atoms with Gasteiger partial charge in [0.2, 0.25) is 5.91 Å². The smallest absolute Gasteiger partial charge is 0.219 e. The summed E-state index contributed by atoms with van der Waals surface area (Å²) in [5, 5.41) is 3.41. The second-order valence-electron chi connectivity index (χ2n) is 6.76. The average molecular weight is 339 g/mol. The molecule has 1 aliphatic heterocycles. The van der Waals surface area contributed by atoms with Crippen LogP contribution in [-0.4, -0.2) is 99.7 Å². The molecule has 2 aliphatic rings. The van der Waals surface area contributed by atoms with Crippen LogP contribution in [-0.2, 0) is 9.53 Å². The number of amides is 1. The van der Waals surface area contributed by atoms with Gasteiger partial charge in [-0.1, -0.05) is 0 Å². The topological polar surface area (TPSA) is 60.4 Å². The van der Waals surface area contributed by atoms with Gasteiger partial charge in [0.15, 0.2) is 5.96 Å². The summed E-state index contributed by atoms with van der Waals surface area (Å²) < 4.78 is 5.69. The Bertz CT molecular complexity index is 417. The number of aliphatic imine (C=N–C) groups is 1. The summed E-state index contributed by atoms with van der Waals surface area (Å²) in [5.41, 5.74) is 0. The molecule has 1 saturated carbocycles. The lowest BCUT2D eigenvalue weighted by atomic mass is 10.3. The Labute approximate surface area is 146 Å². The van der Waals surface area contributed by atoms with E-state index in [1.807, 2.05) is 19.0 Å². The lowest BCUT2D eigenvalue weighted by Gasteiger charge is -2.34. The zero-order valence-corrected chi connectivity index (χ0v) is 15.5. The van der Waals surface area contributed by atoms with Crippen LogP contribution < -0.4 is 5.32 Å². The number of carbonyl (C=O) groups is 1. The Balaban J connectivity index is 1.56. The summed E-state index contributed by atoms with van der Waals surface area (Å²) in [6, 6.07) is 0. The minimum absolute atomic E-state index is 0.179. The fourth-order valence-electron chi connectivity index (χ4n) is 2.84. The van der Waals surface area contributed by atoms with E-state index in [9.17, 15) is 4.79 Å². The number of carbonyl (C=O) groups excluding carboxylic acids is 1. The third kappa shape index (κ3) is 6.65. The molecule has 0 unspecified atom stereocenters. The Kier molecular flexibility index (Phi) is 7.78. The van der Waals surface area contributed by atoms with Crippen molar-refractivity contribution in [1.29, 1.82) is 0 Å². The number of hydrogen-bond donors (Lipinski definition) is 1. The van der Waals surface area contributed by atoms with Gasteiger partial charge in [0, 0.05) is 73.4 Å². The van der Waals surface area contributed by atoms with E-state index in [1.165, 1.54) is 12.8 Å². The SMILES string of the molecule is CN=C(NCCN1CCN(C(C)=O)CC1)N(C)CCOCC1CC1. The second kappa shape index (κ2) is 9.84. The van der Waals surface area contributed by atoms with E-state index in [1.54, 1.807) is 6.92 Å². The standard InChI is InChI=1S/C17H33N5O2/c1-15(23)22-10-8-21(9-11-22)7-6-19-17(18-2)20(3)12-13-24-14-16-4-5-16/h16H,4-14H2,1-3H3,(H,18,19). The van der Waals surface area contributed by atoms with Gasteiger partial charge in [0.25, 0.3) is 0 Å². The van der Waals surface area contributed by atoms with Crippen LogP contribution in [0.5, 0.6) is 0 Å². The Morgan fingerprint density at radius 3 is 2.58 bits per heavy atom. The van der Waals surface area contributed by atoms with Crippen LogP contribution in [0.15, 0.2) is 4.99 Å². The molecule has 1 N–H and O–H groups in total. The van der Waals surface area contributed by atoms with Gasteiger partial charge in [-0.25, -0.2) is 0 Å². The Hall–Kier alpha value is -1.34. The summed E-state index contributed by atoms with van der Waals surface area (Å²) in [6.07, 6.45) is 2.67. The highest BCUT2D eigenvalue weighted by molar-refractivity contribution is 5.79. The highest BCUT2D eigenvalue weighted by atomic mass is 16.5. The lowest BCUT2D eigenvalue weighted by molar-refractivity contribution is -0.130. The van der Waals surface area contributed by atoms with Crippen LogP contribution in [0.1, 0.15) is 19.8 Å². The van der Waals surface area contributed by atoms with Crippen molar-refractivity contribution in [3.05, 3.63) is 0 Å². The largest absolute Gasteiger partial charge is 0.379 e. The molecule has 2 rings (SSSR count). The molecule has 7 nitrogen and oxygen atoms in total. The van der Waals surface area contributed by atoms with Crippen molar-refractivity contribution in [3.8, 4) is 0 Å². The van der Waals surface area contributed by atoms with E-state index in [0.717, 1.165) is 70.9 Å². The fraction of sp³-hybridized carbons (Fsp3) is 0.882. The number of guanidine groups is 1. The monoisotopic (exact) mass is 339 g/mol. The number of rotatable bonds is 8. The van der Waals surface area contributed by atoms with Crippen molar-refractivity contribution in [2.75, 3.05) is 73.1 Å². The van der Waals surface area contributed by atoms with Gasteiger partial charge in [-0.15, -0.1) is 0 Å². The number of likely N-dealkylation sites (N-methyl/N-ethyl adjacent to an activating group) is 1. The van der Waals surface area contributed by atoms with E-state index >= 15 is 0 Å². The quantitative estimate of drug-likeness (QED) is 0.386. The maximum Gasteiger partial charge on any atom is 0.219 e.